The van der Waals surface area contributed by atoms with Crippen molar-refractivity contribution in [3.63, 3.8) is 0 Å². The summed E-state index contributed by atoms with van der Waals surface area (Å²) in [7, 11) is 0. The molecule has 1 heterocycles. The van der Waals surface area contributed by atoms with Crippen LogP contribution >= 0.6 is 15.9 Å². The Hall–Kier alpha value is -2.01. The van der Waals surface area contributed by atoms with Crippen molar-refractivity contribution in [2.75, 3.05) is 0 Å². The van der Waals surface area contributed by atoms with E-state index in [1.807, 2.05) is 18.2 Å². The van der Waals surface area contributed by atoms with Gasteiger partial charge in [0, 0.05) is 10.9 Å². The van der Waals surface area contributed by atoms with E-state index in [0.29, 0.717) is 10.9 Å². The molecule has 0 amide bonds. The second-order valence-corrected chi connectivity index (χ2v) is 6.64. The number of unbranched alkanes of at least 4 members (excludes halogenated alkanes) is 2. The molecule has 3 rings (SSSR count). The van der Waals surface area contributed by atoms with Crippen LogP contribution in [0.25, 0.3) is 11.1 Å². The number of nitrogens with zero attached hydrogens (tertiary/aromatic N) is 1. The van der Waals surface area contributed by atoms with Gasteiger partial charge in [0.2, 0.25) is 5.78 Å². The van der Waals surface area contributed by atoms with Gasteiger partial charge in [0.05, 0.1) is 0 Å². The number of carbonyl (C=O) groups excluding carboxylic acids is 1. The summed E-state index contributed by atoms with van der Waals surface area (Å²) in [6.45, 7) is 0. The lowest BCUT2D eigenvalue weighted by molar-refractivity contribution is 0.0947. The first-order chi connectivity index (χ1) is 11.6. The monoisotopic (exact) mass is 389 g/mol. The Labute approximate surface area is 148 Å². The van der Waals surface area contributed by atoms with Crippen molar-refractivity contribution in [3.8, 4) is 0 Å². The molecule has 3 aromatic rings. The molecule has 2 aromatic carbocycles. The normalized spacial score (nSPS) is 11.1. The highest BCUT2D eigenvalue weighted by Gasteiger charge is 2.16. The largest absolute Gasteiger partial charge is 0.434 e. The first-order valence-corrected chi connectivity index (χ1v) is 8.75. The maximum atomic E-state index is 13.8. The summed E-state index contributed by atoms with van der Waals surface area (Å²) in [6.07, 6.45) is 4.14. The Bertz CT molecular complexity index is 845. The highest BCUT2D eigenvalue weighted by molar-refractivity contribution is 9.10. The van der Waals surface area contributed by atoms with Crippen LogP contribution in [0.4, 0.5) is 4.39 Å². The Balaban J connectivity index is 1.51. The molecule has 0 fully saturated rings. The fraction of sp³-hybridized carbons (Fsp3) is 0.263. The maximum absolute atomic E-state index is 13.8. The number of Topliss-reactive ketones (excluding diaryl/α,β-unsaturated/α-hetero) is 1. The number of aryl methyl sites for hydroxylation is 1. The van der Waals surface area contributed by atoms with E-state index in [2.05, 4.69) is 33.0 Å². The molecule has 0 saturated carbocycles. The minimum atomic E-state index is -0.495. The number of benzene rings is 2. The summed E-state index contributed by atoms with van der Waals surface area (Å²) in [6, 6.07) is 13.2. The van der Waals surface area contributed by atoms with Crippen molar-refractivity contribution >= 4 is 32.8 Å². The van der Waals surface area contributed by atoms with Gasteiger partial charge < -0.3 is 4.42 Å². The zero-order chi connectivity index (χ0) is 16.9. The highest BCUT2D eigenvalue weighted by atomic mass is 79.9. The number of fused-ring (bicyclic) bond motifs is 1. The van der Waals surface area contributed by atoms with Crippen LogP contribution in [-0.4, -0.2) is 10.8 Å². The molecule has 0 unspecified atom stereocenters. The van der Waals surface area contributed by atoms with Crippen molar-refractivity contribution in [1.82, 2.24) is 4.98 Å². The van der Waals surface area contributed by atoms with Crippen LogP contribution in [0.5, 0.6) is 0 Å². The zero-order valence-corrected chi connectivity index (χ0v) is 14.7. The number of carbonyl (C=O) groups is 1. The van der Waals surface area contributed by atoms with E-state index in [4.69, 9.17) is 4.42 Å². The van der Waals surface area contributed by atoms with Crippen molar-refractivity contribution in [2.24, 2.45) is 0 Å². The molecule has 0 radical (unpaired) electrons. The van der Waals surface area contributed by atoms with Gasteiger partial charge in [-0.15, -0.1) is 0 Å². The van der Waals surface area contributed by atoms with E-state index in [9.17, 15) is 9.18 Å². The van der Waals surface area contributed by atoms with Gasteiger partial charge in [-0.3, -0.25) is 4.79 Å². The number of oxazole rings is 1. The Morgan fingerprint density at radius 3 is 2.71 bits per heavy atom. The van der Waals surface area contributed by atoms with Gasteiger partial charge >= 0.3 is 0 Å². The molecule has 0 aliphatic carbocycles. The number of ketones is 1. The van der Waals surface area contributed by atoms with Gasteiger partial charge in [-0.25, -0.2) is 9.37 Å². The lowest BCUT2D eigenvalue weighted by Crippen LogP contribution is -1.99. The standard InChI is InChI=1S/C19H17BrFNO2/c20-14-11-15(21)18-17(12-14)24-19(22-18)16(23)10-6-2-5-9-13-7-3-1-4-8-13/h1,3-4,7-8,11-12H,2,5-6,9-10H2. The quantitative estimate of drug-likeness (QED) is 0.383. The van der Waals surface area contributed by atoms with Crippen LogP contribution in [-0.2, 0) is 6.42 Å². The average Bonchev–Trinajstić information content (AvgIpc) is 3.00. The van der Waals surface area contributed by atoms with Crippen LogP contribution in [0.2, 0.25) is 0 Å². The zero-order valence-electron chi connectivity index (χ0n) is 13.1. The Morgan fingerprint density at radius 1 is 1.12 bits per heavy atom. The summed E-state index contributed by atoms with van der Waals surface area (Å²) in [5.41, 5.74) is 1.70. The molecule has 0 atom stereocenters. The lowest BCUT2D eigenvalue weighted by atomic mass is 10.1. The van der Waals surface area contributed by atoms with E-state index in [1.165, 1.54) is 11.6 Å². The second-order valence-electron chi connectivity index (χ2n) is 5.72. The third-order valence-corrected chi connectivity index (χ3v) is 4.32. The molecule has 0 aliphatic rings. The van der Waals surface area contributed by atoms with E-state index < -0.39 is 5.82 Å². The minimum Gasteiger partial charge on any atom is -0.434 e. The molecule has 124 valence electrons. The number of aromatic nitrogens is 1. The van der Waals surface area contributed by atoms with Gasteiger partial charge in [0.1, 0.15) is 5.52 Å². The first-order valence-electron chi connectivity index (χ1n) is 7.96. The van der Waals surface area contributed by atoms with Gasteiger partial charge in [-0.2, -0.15) is 0 Å². The molecule has 0 N–H and O–H groups in total. The summed E-state index contributed by atoms with van der Waals surface area (Å²) in [5.74, 6) is -0.684. The Morgan fingerprint density at radius 2 is 1.92 bits per heavy atom. The van der Waals surface area contributed by atoms with Gasteiger partial charge in [-0.05, 0) is 37.0 Å². The van der Waals surface area contributed by atoms with Crippen molar-refractivity contribution in [2.45, 2.75) is 32.1 Å². The van der Waals surface area contributed by atoms with Crippen molar-refractivity contribution in [3.05, 3.63) is 64.2 Å². The second kappa shape index (κ2) is 7.71. The molecule has 0 saturated heterocycles. The fourth-order valence-corrected chi connectivity index (χ4v) is 3.03. The third kappa shape index (κ3) is 4.09. The summed E-state index contributed by atoms with van der Waals surface area (Å²) in [4.78, 5) is 16.1. The SMILES string of the molecule is O=C(CCCCCc1ccccc1)c1nc2c(F)cc(Br)cc2o1. The maximum Gasteiger partial charge on any atom is 0.264 e. The number of hydrogen-bond acceptors (Lipinski definition) is 3. The predicted octanol–water partition coefficient (Wildman–Crippen LogP) is 5.72. The van der Waals surface area contributed by atoms with E-state index in [0.717, 1.165) is 25.7 Å². The van der Waals surface area contributed by atoms with E-state index in [1.54, 1.807) is 6.07 Å². The molecule has 1 aromatic heterocycles. The molecule has 5 heteroatoms. The highest BCUT2D eigenvalue weighted by Crippen LogP contribution is 2.24. The first kappa shape index (κ1) is 16.8. The van der Waals surface area contributed by atoms with E-state index >= 15 is 0 Å². The third-order valence-electron chi connectivity index (χ3n) is 3.86. The van der Waals surface area contributed by atoms with Crippen LogP contribution in [0.3, 0.4) is 0 Å². The molecule has 0 spiro atoms. The molecule has 3 nitrogen and oxygen atoms in total. The summed E-state index contributed by atoms with van der Waals surface area (Å²) >= 11 is 3.20. The van der Waals surface area contributed by atoms with Crippen LogP contribution in [0.1, 0.15) is 41.9 Å². The molecule has 24 heavy (non-hydrogen) atoms. The minimum absolute atomic E-state index is 0.00920. The van der Waals surface area contributed by atoms with E-state index in [-0.39, 0.29) is 22.8 Å². The van der Waals surface area contributed by atoms with Gasteiger partial charge in [0.15, 0.2) is 11.4 Å². The molecular formula is C19H17BrFNO2. The number of rotatable bonds is 7. The molecule has 0 aliphatic heterocycles. The van der Waals surface area contributed by atoms with Crippen LogP contribution in [0, 0.1) is 5.82 Å². The van der Waals surface area contributed by atoms with Crippen LogP contribution < -0.4 is 0 Å². The van der Waals surface area contributed by atoms with Crippen molar-refractivity contribution in [1.29, 1.82) is 0 Å². The van der Waals surface area contributed by atoms with Gasteiger partial charge in [0.25, 0.3) is 5.89 Å². The van der Waals surface area contributed by atoms with Crippen molar-refractivity contribution < 1.29 is 13.6 Å². The van der Waals surface area contributed by atoms with Gasteiger partial charge in [-0.1, -0.05) is 52.7 Å². The number of halogens is 2. The predicted molar refractivity (Wildman–Crippen MR) is 94.6 cm³/mol. The summed E-state index contributed by atoms with van der Waals surface area (Å²) < 4.78 is 19.7. The molecular weight excluding hydrogens is 373 g/mol. The Kier molecular flexibility index (Phi) is 5.41. The topological polar surface area (TPSA) is 43.1 Å². The smallest absolute Gasteiger partial charge is 0.264 e. The lowest BCUT2D eigenvalue weighted by Gasteiger charge is -2.00. The molecule has 0 bridgehead atoms. The fourth-order valence-electron chi connectivity index (χ4n) is 2.62. The summed E-state index contributed by atoms with van der Waals surface area (Å²) in [5, 5.41) is 0. The average molecular weight is 390 g/mol. The number of hydrogen-bond donors (Lipinski definition) is 0. The van der Waals surface area contributed by atoms with Crippen LogP contribution in [0.15, 0.2) is 51.4 Å².